The summed E-state index contributed by atoms with van der Waals surface area (Å²) in [5.74, 6) is 0.836. The third-order valence-electron chi connectivity index (χ3n) is 6.27. The second-order valence-corrected chi connectivity index (χ2v) is 7.75. The average molecular weight is 326 g/mol. The number of H-pyrrole nitrogens is 1. The highest BCUT2D eigenvalue weighted by Crippen LogP contribution is 2.60. The molecule has 0 unspecified atom stereocenters. The van der Waals surface area contributed by atoms with Gasteiger partial charge in [-0.25, -0.2) is 4.39 Å². The Hall–Kier alpha value is -1.72. The molecule has 4 aliphatic rings. The number of aromatic amines is 1. The van der Waals surface area contributed by atoms with Gasteiger partial charge in [-0.1, -0.05) is 12.1 Å². The lowest BCUT2D eigenvalue weighted by Crippen LogP contribution is -2.70. The van der Waals surface area contributed by atoms with E-state index in [1.165, 1.54) is 38.4 Å². The predicted molar refractivity (Wildman–Crippen MR) is 90.9 cm³/mol. The number of hydrogen-bond donors (Lipinski definition) is 1. The second kappa shape index (κ2) is 5.39. The molecule has 3 saturated carbocycles. The van der Waals surface area contributed by atoms with Crippen molar-refractivity contribution < 1.29 is 4.39 Å². The Morgan fingerprint density at radius 2 is 1.96 bits per heavy atom. The van der Waals surface area contributed by atoms with Gasteiger partial charge in [0, 0.05) is 49.4 Å². The first-order valence-corrected chi connectivity index (χ1v) is 8.97. The van der Waals surface area contributed by atoms with E-state index in [1.54, 1.807) is 12.1 Å². The first-order chi connectivity index (χ1) is 11.7. The first-order valence-electron chi connectivity index (χ1n) is 8.97. The van der Waals surface area contributed by atoms with Crippen molar-refractivity contribution in [2.24, 2.45) is 5.92 Å². The van der Waals surface area contributed by atoms with Gasteiger partial charge in [0.25, 0.3) is 0 Å². The minimum atomic E-state index is -0.208. The summed E-state index contributed by atoms with van der Waals surface area (Å²) in [7, 11) is 0. The molecule has 0 spiro atoms. The molecule has 2 aromatic rings. The van der Waals surface area contributed by atoms with Crippen molar-refractivity contribution >= 4 is 0 Å². The van der Waals surface area contributed by atoms with Gasteiger partial charge >= 0.3 is 0 Å². The van der Waals surface area contributed by atoms with Crippen LogP contribution in [0.25, 0.3) is 11.3 Å². The summed E-state index contributed by atoms with van der Waals surface area (Å²) in [4.78, 5) is 5.22. The molecule has 3 aliphatic carbocycles. The van der Waals surface area contributed by atoms with Gasteiger partial charge in [0.15, 0.2) is 0 Å². The van der Waals surface area contributed by atoms with E-state index in [9.17, 15) is 4.39 Å². The number of piperazine rings is 1. The Morgan fingerprint density at radius 1 is 1.17 bits per heavy atom. The molecule has 0 amide bonds. The summed E-state index contributed by atoms with van der Waals surface area (Å²) in [6.45, 7) is 5.46. The monoisotopic (exact) mass is 326 g/mol. The molecule has 4 fully saturated rings. The number of rotatable bonds is 4. The lowest BCUT2D eigenvalue weighted by atomic mass is 9.49. The van der Waals surface area contributed by atoms with Crippen molar-refractivity contribution in [2.75, 3.05) is 26.2 Å². The zero-order valence-corrected chi connectivity index (χ0v) is 13.8. The van der Waals surface area contributed by atoms with Crippen molar-refractivity contribution in [1.82, 2.24) is 20.0 Å². The molecule has 1 saturated heterocycles. The van der Waals surface area contributed by atoms with Crippen molar-refractivity contribution in [3.05, 3.63) is 41.8 Å². The third-order valence-corrected chi connectivity index (χ3v) is 6.27. The molecule has 1 N–H and O–H groups in total. The summed E-state index contributed by atoms with van der Waals surface area (Å²) < 4.78 is 13.5. The minimum absolute atomic E-state index is 0.208. The quantitative estimate of drug-likeness (QED) is 0.938. The zero-order valence-electron chi connectivity index (χ0n) is 13.8. The van der Waals surface area contributed by atoms with Crippen LogP contribution >= 0.6 is 0 Å². The highest BCUT2D eigenvalue weighted by molar-refractivity contribution is 5.62. The highest BCUT2D eigenvalue weighted by atomic mass is 19.1. The largest absolute Gasteiger partial charge is 0.296 e. The van der Waals surface area contributed by atoms with E-state index in [4.69, 9.17) is 0 Å². The normalized spacial score (nSPS) is 30.0. The SMILES string of the molecule is Fc1cccc(-c2[nH]ncc2CN2CCN(C34CC(C3)C4)CC2)c1. The van der Waals surface area contributed by atoms with Gasteiger partial charge in [-0.15, -0.1) is 0 Å². The van der Waals surface area contributed by atoms with Crippen LogP contribution in [-0.2, 0) is 6.54 Å². The van der Waals surface area contributed by atoms with Crippen LogP contribution in [0.2, 0.25) is 0 Å². The van der Waals surface area contributed by atoms with Crippen LogP contribution in [0.15, 0.2) is 30.5 Å². The molecule has 4 nitrogen and oxygen atoms in total. The van der Waals surface area contributed by atoms with E-state index in [2.05, 4.69) is 20.0 Å². The van der Waals surface area contributed by atoms with E-state index in [1.807, 2.05) is 12.3 Å². The summed E-state index contributed by atoms with van der Waals surface area (Å²) in [6, 6.07) is 6.72. The maximum absolute atomic E-state index is 13.5. The number of benzene rings is 1. The molecule has 5 heteroatoms. The number of nitrogens with zero attached hydrogens (tertiary/aromatic N) is 3. The van der Waals surface area contributed by atoms with Crippen LogP contribution < -0.4 is 0 Å². The van der Waals surface area contributed by atoms with E-state index in [0.29, 0.717) is 5.54 Å². The predicted octanol–water partition coefficient (Wildman–Crippen LogP) is 2.89. The Morgan fingerprint density at radius 3 is 2.62 bits per heavy atom. The fourth-order valence-corrected chi connectivity index (χ4v) is 4.77. The maximum Gasteiger partial charge on any atom is 0.123 e. The number of aromatic nitrogens is 2. The van der Waals surface area contributed by atoms with Gasteiger partial charge in [-0.2, -0.15) is 5.10 Å². The Bertz CT molecular complexity index is 730. The summed E-state index contributed by atoms with van der Waals surface area (Å²) in [6.07, 6.45) is 6.21. The van der Waals surface area contributed by atoms with Gasteiger partial charge in [0.05, 0.1) is 11.9 Å². The maximum atomic E-state index is 13.5. The van der Waals surface area contributed by atoms with E-state index in [0.717, 1.165) is 42.4 Å². The molecule has 6 rings (SSSR count). The fraction of sp³-hybridized carbons (Fsp3) is 0.526. The van der Waals surface area contributed by atoms with Gasteiger partial charge < -0.3 is 0 Å². The lowest BCUT2D eigenvalue weighted by molar-refractivity contribution is -0.155. The third kappa shape index (κ3) is 2.30. The Labute approximate surface area is 141 Å². The molecule has 1 aromatic carbocycles. The molecular formula is C19H23FN4. The smallest absolute Gasteiger partial charge is 0.123 e. The molecule has 1 aromatic heterocycles. The van der Waals surface area contributed by atoms with Gasteiger partial charge in [0.1, 0.15) is 5.82 Å². The van der Waals surface area contributed by atoms with Crippen LogP contribution in [0.3, 0.4) is 0 Å². The summed E-state index contributed by atoms with van der Waals surface area (Å²) >= 11 is 0. The topological polar surface area (TPSA) is 35.2 Å². The highest BCUT2D eigenvalue weighted by Gasteiger charge is 2.59. The molecule has 0 radical (unpaired) electrons. The van der Waals surface area contributed by atoms with Crippen molar-refractivity contribution in [2.45, 2.75) is 31.3 Å². The number of nitrogens with one attached hydrogen (secondary N) is 1. The van der Waals surface area contributed by atoms with Gasteiger partial charge in [-0.05, 0) is 37.3 Å². The van der Waals surface area contributed by atoms with E-state index < -0.39 is 0 Å². The van der Waals surface area contributed by atoms with Crippen LogP contribution in [0.1, 0.15) is 24.8 Å². The van der Waals surface area contributed by atoms with Gasteiger partial charge in [-0.3, -0.25) is 14.9 Å². The molecule has 1 aliphatic heterocycles. The van der Waals surface area contributed by atoms with Gasteiger partial charge in [0.2, 0.25) is 0 Å². The van der Waals surface area contributed by atoms with Crippen molar-refractivity contribution in [1.29, 1.82) is 0 Å². The summed E-state index contributed by atoms with van der Waals surface area (Å²) in [5.41, 5.74) is 3.56. The summed E-state index contributed by atoms with van der Waals surface area (Å²) in [5, 5.41) is 7.23. The van der Waals surface area contributed by atoms with E-state index >= 15 is 0 Å². The average Bonchev–Trinajstić information content (AvgIpc) is 2.94. The molecule has 2 heterocycles. The van der Waals surface area contributed by atoms with E-state index in [-0.39, 0.29) is 5.82 Å². The van der Waals surface area contributed by atoms with Crippen molar-refractivity contribution in [3.63, 3.8) is 0 Å². The minimum Gasteiger partial charge on any atom is -0.296 e. The van der Waals surface area contributed by atoms with Crippen LogP contribution in [0.5, 0.6) is 0 Å². The Balaban J connectivity index is 1.25. The number of halogens is 1. The molecule has 126 valence electrons. The lowest BCUT2D eigenvalue weighted by Gasteiger charge is -2.67. The first kappa shape index (κ1) is 14.6. The number of hydrogen-bond acceptors (Lipinski definition) is 3. The molecule has 2 bridgehead atoms. The van der Waals surface area contributed by atoms with Crippen LogP contribution in [-0.4, -0.2) is 51.7 Å². The second-order valence-electron chi connectivity index (χ2n) is 7.75. The molecular weight excluding hydrogens is 303 g/mol. The molecule has 24 heavy (non-hydrogen) atoms. The fourth-order valence-electron chi connectivity index (χ4n) is 4.77. The van der Waals surface area contributed by atoms with Crippen molar-refractivity contribution in [3.8, 4) is 11.3 Å². The molecule has 0 atom stereocenters. The standard InChI is InChI=1S/C19H23FN4/c20-17-3-1-2-15(8-17)18-16(12-21-22-18)13-23-4-6-24(7-5-23)19-9-14(10-19)11-19/h1-3,8,12,14H,4-7,9-11,13H2,(H,21,22). The zero-order chi connectivity index (χ0) is 16.1. The van der Waals surface area contributed by atoms with Crippen LogP contribution in [0.4, 0.5) is 4.39 Å². The Kier molecular flexibility index (Phi) is 3.28. The van der Waals surface area contributed by atoms with Crippen LogP contribution in [0, 0.1) is 11.7 Å².